The van der Waals surface area contributed by atoms with Gasteiger partial charge < -0.3 is 15.3 Å². The molecule has 0 aliphatic rings. The van der Waals surface area contributed by atoms with Crippen molar-refractivity contribution < 1.29 is 5.11 Å². The van der Waals surface area contributed by atoms with Crippen molar-refractivity contribution in [1.82, 2.24) is 19.6 Å². The highest BCUT2D eigenvalue weighted by atomic mass is 32.1. The van der Waals surface area contributed by atoms with Gasteiger partial charge in [0.25, 0.3) is 0 Å². The maximum Gasteiger partial charge on any atom is 0.194 e. The van der Waals surface area contributed by atoms with Gasteiger partial charge in [-0.1, -0.05) is 0 Å². The van der Waals surface area contributed by atoms with Gasteiger partial charge in [-0.2, -0.15) is 0 Å². The van der Waals surface area contributed by atoms with Gasteiger partial charge in [0.2, 0.25) is 0 Å². The van der Waals surface area contributed by atoms with E-state index in [1.165, 1.54) is 0 Å². The molecule has 2 heterocycles. The van der Waals surface area contributed by atoms with Crippen LogP contribution in [0.4, 0.5) is 0 Å². The zero-order valence-electron chi connectivity index (χ0n) is 12.0. The number of fused-ring (bicyclic) bond motifs is 1. The Morgan fingerprint density at radius 1 is 1.53 bits per heavy atom. The van der Waals surface area contributed by atoms with Crippen LogP contribution in [0.15, 0.2) is 11.6 Å². The Balaban J connectivity index is 1.95. The highest BCUT2D eigenvalue weighted by Gasteiger charge is 2.21. The number of aliphatic hydroxyl groups is 1. The van der Waals surface area contributed by atoms with E-state index in [0.29, 0.717) is 19.6 Å². The Morgan fingerprint density at radius 3 is 2.95 bits per heavy atom. The van der Waals surface area contributed by atoms with Crippen LogP contribution in [0.25, 0.3) is 4.96 Å². The molecule has 0 saturated heterocycles. The fourth-order valence-electron chi connectivity index (χ4n) is 2.34. The molecule has 0 bridgehead atoms. The second kappa shape index (κ2) is 5.58. The molecule has 2 aromatic heterocycles. The molecule has 0 amide bonds. The van der Waals surface area contributed by atoms with Crippen molar-refractivity contribution in [3.63, 3.8) is 0 Å². The maximum absolute atomic E-state index is 10.2. The molecule has 1 atom stereocenters. The Kier molecular flexibility index (Phi) is 4.25. The molecule has 0 aliphatic carbocycles. The standard InChI is InChI=1S/C13H22N4OS/c1-10-11(17-5-6-19-12(17)15-10)7-14-8-13(2,18)9-16(3)4/h5-6,14,18H,7-9H2,1-4H3. The van der Waals surface area contributed by atoms with Crippen LogP contribution < -0.4 is 5.32 Å². The molecule has 1 unspecified atom stereocenters. The largest absolute Gasteiger partial charge is 0.388 e. The van der Waals surface area contributed by atoms with Gasteiger partial charge in [-0.25, -0.2) is 4.98 Å². The first-order valence-electron chi connectivity index (χ1n) is 6.38. The van der Waals surface area contributed by atoms with Crippen molar-refractivity contribution in [3.8, 4) is 0 Å². The number of hydrogen-bond donors (Lipinski definition) is 2. The number of imidazole rings is 1. The van der Waals surface area contributed by atoms with Gasteiger partial charge in [-0.05, 0) is 27.9 Å². The minimum atomic E-state index is -0.726. The van der Waals surface area contributed by atoms with Gasteiger partial charge in [-0.15, -0.1) is 11.3 Å². The van der Waals surface area contributed by atoms with Crippen molar-refractivity contribution in [2.24, 2.45) is 0 Å². The summed E-state index contributed by atoms with van der Waals surface area (Å²) in [7, 11) is 3.93. The minimum Gasteiger partial charge on any atom is -0.388 e. The molecular formula is C13H22N4OS. The van der Waals surface area contributed by atoms with Crippen LogP contribution >= 0.6 is 11.3 Å². The highest BCUT2D eigenvalue weighted by Crippen LogP contribution is 2.16. The Morgan fingerprint density at radius 2 is 2.26 bits per heavy atom. The van der Waals surface area contributed by atoms with Crippen LogP contribution in [0, 0.1) is 6.92 Å². The molecule has 0 fully saturated rings. The summed E-state index contributed by atoms with van der Waals surface area (Å²) >= 11 is 1.64. The van der Waals surface area contributed by atoms with Gasteiger partial charge in [0.05, 0.1) is 17.0 Å². The zero-order valence-corrected chi connectivity index (χ0v) is 12.8. The number of thiazole rings is 1. The van der Waals surface area contributed by atoms with Crippen LogP contribution in [-0.4, -0.2) is 52.2 Å². The fraction of sp³-hybridized carbons (Fsp3) is 0.615. The molecule has 0 aromatic carbocycles. The second-order valence-electron chi connectivity index (χ2n) is 5.54. The van der Waals surface area contributed by atoms with Gasteiger partial charge in [-0.3, -0.25) is 4.40 Å². The van der Waals surface area contributed by atoms with Crippen molar-refractivity contribution in [1.29, 1.82) is 0 Å². The molecule has 106 valence electrons. The third-order valence-electron chi connectivity index (χ3n) is 3.02. The predicted molar refractivity (Wildman–Crippen MR) is 78.7 cm³/mol. The van der Waals surface area contributed by atoms with E-state index in [0.717, 1.165) is 16.3 Å². The summed E-state index contributed by atoms with van der Waals surface area (Å²) in [4.78, 5) is 7.52. The highest BCUT2D eigenvalue weighted by molar-refractivity contribution is 7.15. The topological polar surface area (TPSA) is 52.8 Å². The molecule has 0 radical (unpaired) electrons. The lowest BCUT2D eigenvalue weighted by molar-refractivity contribution is 0.0335. The Labute approximate surface area is 117 Å². The summed E-state index contributed by atoms with van der Waals surface area (Å²) in [5.41, 5.74) is 1.49. The molecule has 19 heavy (non-hydrogen) atoms. The van der Waals surface area contributed by atoms with Crippen molar-refractivity contribution in [2.45, 2.75) is 26.0 Å². The number of rotatable bonds is 6. The van der Waals surface area contributed by atoms with E-state index >= 15 is 0 Å². The summed E-state index contributed by atoms with van der Waals surface area (Å²) in [6.45, 7) is 5.78. The first kappa shape index (κ1) is 14.5. The molecule has 5 nitrogen and oxygen atoms in total. The van der Waals surface area contributed by atoms with E-state index in [4.69, 9.17) is 0 Å². The predicted octanol–water partition coefficient (Wildman–Crippen LogP) is 1.11. The van der Waals surface area contributed by atoms with E-state index in [-0.39, 0.29) is 0 Å². The quantitative estimate of drug-likeness (QED) is 0.833. The minimum absolute atomic E-state index is 0.558. The molecule has 0 saturated carbocycles. The van der Waals surface area contributed by atoms with E-state index in [9.17, 15) is 5.11 Å². The third-order valence-corrected chi connectivity index (χ3v) is 3.77. The first-order chi connectivity index (χ1) is 8.89. The molecule has 2 rings (SSSR count). The summed E-state index contributed by atoms with van der Waals surface area (Å²) in [5.74, 6) is 0. The van der Waals surface area contributed by atoms with Crippen molar-refractivity contribution in [2.75, 3.05) is 27.2 Å². The first-order valence-corrected chi connectivity index (χ1v) is 7.26. The Bertz CT molecular complexity index is 544. The van der Waals surface area contributed by atoms with E-state index in [1.54, 1.807) is 11.3 Å². The summed E-state index contributed by atoms with van der Waals surface area (Å²) in [5, 5.41) is 15.6. The normalized spacial score (nSPS) is 15.3. The lowest BCUT2D eigenvalue weighted by atomic mass is 10.1. The molecule has 6 heteroatoms. The molecule has 2 aromatic rings. The Hall–Kier alpha value is -0.950. The maximum atomic E-state index is 10.2. The molecule has 0 spiro atoms. The van der Waals surface area contributed by atoms with Crippen LogP contribution in [0.2, 0.25) is 0 Å². The summed E-state index contributed by atoms with van der Waals surface area (Å²) in [6.07, 6.45) is 2.04. The van der Waals surface area contributed by atoms with Gasteiger partial charge in [0, 0.05) is 31.2 Å². The average molecular weight is 282 g/mol. The van der Waals surface area contributed by atoms with E-state index in [2.05, 4.69) is 14.7 Å². The second-order valence-corrected chi connectivity index (χ2v) is 6.41. The van der Waals surface area contributed by atoms with Crippen LogP contribution in [0.5, 0.6) is 0 Å². The number of aryl methyl sites for hydroxylation is 1. The number of nitrogens with one attached hydrogen (secondary N) is 1. The molecule has 0 aliphatic heterocycles. The fourth-order valence-corrected chi connectivity index (χ4v) is 3.12. The van der Waals surface area contributed by atoms with Crippen LogP contribution in [0.3, 0.4) is 0 Å². The van der Waals surface area contributed by atoms with E-state index in [1.807, 2.05) is 44.4 Å². The number of likely N-dealkylation sites (N-methyl/N-ethyl adjacent to an activating group) is 1. The average Bonchev–Trinajstić information content (AvgIpc) is 2.79. The zero-order chi connectivity index (χ0) is 14.0. The van der Waals surface area contributed by atoms with E-state index < -0.39 is 5.60 Å². The lowest BCUT2D eigenvalue weighted by Crippen LogP contribution is -2.45. The number of hydrogen-bond acceptors (Lipinski definition) is 5. The molecule has 2 N–H and O–H groups in total. The molecular weight excluding hydrogens is 260 g/mol. The number of aromatic nitrogens is 2. The number of nitrogens with zero attached hydrogens (tertiary/aromatic N) is 3. The third kappa shape index (κ3) is 3.54. The van der Waals surface area contributed by atoms with Gasteiger partial charge in [0.15, 0.2) is 4.96 Å². The lowest BCUT2D eigenvalue weighted by Gasteiger charge is -2.27. The van der Waals surface area contributed by atoms with Gasteiger partial charge in [0.1, 0.15) is 0 Å². The summed E-state index contributed by atoms with van der Waals surface area (Å²) < 4.78 is 2.10. The summed E-state index contributed by atoms with van der Waals surface area (Å²) in [6, 6.07) is 0. The smallest absolute Gasteiger partial charge is 0.194 e. The monoisotopic (exact) mass is 282 g/mol. The van der Waals surface area contributed by atoms with Crippen LogP contribution in [-0.2, 0) is 6.54 Å². The van der Waals surface area contributed by atoms with Gasteiger partial charge >= 0.3 is 0 Å². The van der Waals surface area contributed by atoms with Crippen molar-refractivity contribution in [3.05, 3.63) is 23.0 Å². The van der Waals surface area contributed by atoms with Crippen molar-refractivity contribution >= 4 is 16.3 Å². The SMILES string of the molecule is Cc1nc2sccn2c1CNCC(C)(O)CN(C)C. The van der Waals surface area contributed by atoms with Crippen LogP contribution in [0.1, 0.15) is 18.3 Å².